The van der Waals surface area contributed by atoms with Gasteiger partial charge in [0.1, 0.15) is 11.5 Å². The summed E-state index contributed by atoms with van der Waals surface area (Å²) in [5.41, 5.74) is -2.89. The molecule has 3 aromatic heterocycles. The zero-order valence-electron chi connectivity index (χ0n) is 12.6. The van der Waals surface area contributed by atoms with Gasteiger partial charge in [0.2, 0.25) is 5.82 Å². The normalized spacial score (nSPS) is 12.4. The van der Waals surface area contributed by atoms with E-state index in [0.717, 1.165) is 22.6 Å². The van der Waals surface area contributed by atoms with Gasteiger partial charge in [-0.2, -0.15) is 26.3 Å². The molecule has 3 aromatic rings. The smallest absolute Gasteiger partial charge is 0.304 e. The van der Waals surface area contributed by atoms with E-state index in [1.165, 1.54) is 18.3 Å². The highest BCUT2D eigenvalue weighted by Crippen LogP contribution is 2.32. The fourth-order valence-electron chi connectivity index (χ4n) is 2.24. The number of amides is 1. The Morgan fingerprint density at radius 2 is 1.65 bits per heavy atom. The van der Waals surface area contributed by atoms with Crippen molar-refractivity contribution in [3.8, 4) is 0 Å². The maximum Gasteiger partial charge on any atom is 0.435 e. The zero-order chi connectivity index (χ0) is 19.1. The van der Waals surface area contributed by atoms with Gasteiger partial charge in [0.15, 0.2) is 5.69 Å². The summed E-state index contributed by atoms with van der Waals surface area (Å²) in [4.78, 5) is 18.8. The quantitative estimate of drug-likeness (QED) is 0.690. The number of halogens is 6. The minimum absolute atomic E-state index is 0.359. The molecule has 0 aliphatic rings. The van der Waals surface area contributed by atoms with Gasteiger partial charge in [-0.3, -0.25) is 9.20 Å². The van der Waals surface area contributed by atoms with Crippen LogP contribution in [0.1, 0.15) is 22.0 Å². The minimum atomic E-state index is -4.81. The highest BCUT2D eigenvalue weighted by molar-refractivity contribution is 6.02. The highest BCUT2D eigenvalue weighted by atomic mass is 19.4. The fourth-order valence-corrected chi connectivity index (χ4v) is 2.24. The van der Waals surface area contributed by atoms with Gasteiger partial charge in [-0.1, -0.05) is 12.1 Å². The average Bonchev–Trinajstić information content (AvgIpc) is 2.94. The summed E-state index contributed by atoms with van der Waals surface area (Å²) in [5.74, 6) is -2.23. The summed E-state index contributed by atoms with van der Waals surface area (Å²) in [5, 5.41) is 2.03. The third kappa shape index (κ3) is 3.32. The topological polar surface area (TPSA) is 59.3 Å². The maximum atomic E-state index is 13.1. The molecule has 1 N–H and O–H groups in total. The minimum Gasteiger partial charge on any atom is -0.304 e. The zero-order valence-corrected chi connectivity index (χ0v) is 12.6. The molecule has 0 fully saturated rings. The van der Waals surface area contributed by atoms with Crippen molar-refractivity contribution < 1.29 is 31.1 Å². The first-order valence-electron chi connectivity index (χ1n) is 6.97. The molecule has 0 aromatic carbocycles. The maximum absolute atomic E-state index is 13.1. The van der Waals surface area contributed by atoms with Crippen LogP contribution in [-0.2, 0) is 12.4 Å². The first kappa shape index (κ1) is 17.7. The van der Waals surface area contributed by atoms with Crippen LogP contribution in [0.3, 0.4) is 0 Å². The van der Waals surface area contributed by atoms with Crippen molar-refractivity contribution in [2.24, 2.45) is 0 Å². The molecule has 0 atom stereocenters. The molecule has 0 saturated carbocycles. The Bertz CT molecular complexity index is 976. The summed E-state index contributed by atoms with van der Waals surface area (Å²) in [6, 6.07) is 6.62. The fraction of sp³-hybridized carbons (Fsp3) is 0.133. The number of imidazole rings is 1. The lowest BCUT2D eigenvalue weighted by Gasteiger charge is -2.08. The second-order valence-corrected chi connectivity index (χ2v) is 5.10. The molecule has 0 spiro atoms. The van der Waals surface area contributed by atoms with Crippen LogP contribution < -0.4 is 5.32 Å². The Morgan fingerprint density at radius 3 is 2.31 bits per heavy atom. The Morgan fingerprint density at radius 1 is 0.923 bits per heavy atom. The van der Waals surface area contributed by atoms with Crippen molar-refractivity contribution >= 4 is 17.2 Å². The second kappa shape index (κ2) is 6.00. The van der Waals surface area contributed by atoms with E-state index in [1.807, 2.05) is 5.32 Å². The van der Waals surface area contributed by atoms with E-state index in [9.17, 15) is 31.1 Å². The van der Waals surface area contributed by atoms with Crippen LogP contribution in [0, 0.1) is 0 Å². The predicted octanol–water partition coefficient (Wildman–Crippen LogP) is 4.02. The van der Waals surface area contributed by atoms with E-state index in [1.54, 1.807) is 0 Å². The Labute approximate surface area is 141 Å². The van der Waals surface area contributed by atoms with E-state index >= 15 is 0 Å². The van der Waals surface area contributed by atoms with Gasteiger partial charge in [0.25, 0.3) is 5.91 Å². The largest absolute Gasteiger partial charge is 0.435 e. The molecule has 11 heteroatoms. The molecule has 0 unspecified atom stereocenters. The first-order valence-corrected chi connectivity index (χ1v) is 6.97. The molecular formula is C15H8F6N4O. The summed E-state index contributed by atoms with van der Waals surface area (Å²) in [6.45, 7) is 0. The Kier molecular flexibility index (Phi) is 4.09. The monoisotopic (exact) mass is 374 g/mol. The molecule has 5 nitrogen and oxygen atoms in total. The standard InChI is InChI=1S/C15H8F6N4O/c16-14(17,18)9-5-3-6-10(22-9)23-13(26)12-24-11(15(19,20)21)8-4-1-2-7-25(8)12/h1-7H,(H,22,23,26). The number of alkyl halides is 6. The average molecular weight is 374 g/mol. The van der Waals surface area contributed by atoms with Crippen LogP contribution in [-0.4, -0.2) is 20.3 Å². The number of hydrogen-bond donors (Lipinski definition) is 1. The Hall–Kier alpha value is -3.11. The highest BCUT2D eigenvalue weighted by Gasteiger charge is 2.38. The molecule has 0 radical (unpaired) electrons. The number of pyridine rings is 2. The molecule has 1 amide bonds. The number of nitrogens with zero attached hydrogens (tertiary/aromatic N) is 3. The molecule has 0 saturated heterocycles. The molecule has 0 aliphatic heterocycles. The van der Waals surface area contributed by atoms with Gasteiger partial charge in [-0.05, 0) is 24.3 Å². The van der Waals surface area contributed by atoms with Crippen LogP contribution in [0.2, 0.25) is 0 Å². The van der Waals surface area contributed by atoms with Gasteiger partial charge >= 0.3 is 12.4 Å². The number of hydrogen-bond acceptors (Lipinski definition) is 3. The molecule has 136 valence electrons. The molecule has 0 bridgehead atoms. The van der Waals surface area contributed by atoms with Crippen LogP contribution in [0.5, 0.6) is 0 Å². The van der Waals surface area contributed by atoms with E-state index in [4.69, 9.17) is 0 Å². The third-order valence-corrected chi connectivity index (χ3v) is 3.30. The summed E-state index contributed by atoms with van der Waals surface area (Å²) >= 11 is 0. The van der Waals surface area contributed by atoms with Gasteiger partial charge in [0.05, 0.1) is 5.52 Å². The van der Waals surface area contributed by atoms with Crippen LogP contribution >= 0.6 is 0 Å². The molecule has 3 heterocycles. The van der Waals surface area contributed by atoms with Crippen molar-refractivity contribution in [2.45, 2.75) is 12.4 Å². The number of carbonyl (C=O) groups excluding carboxylic acids is 1. The number of carbonyl (C=O) groups is 1. The number of anilines is 1. The van der Waals surface area contributed by atoms with E-state index in [0.29, 0.717) is 6.07 Å². The van der Waals surface area contributed by atoms with Crippen molar-refractivity contribution in [1.82, 2.24) is 14.4 Å². The van der Waals surface area contributed by atoms with Gasteiger partial charge in [-0.25, -0.2) is 9.97 Å². The van der Waals surface area contributed by atoms with Gasteiger partial charge in [-0.15, -0.1) is 0 Å². The SMILES string of the molecule is O=C(Nc1cccc(C(F)(F)F)n1)c1nc(C(F)(F)F)c2ccccn12. The predicted molar refractivity (Wildman–Crippen MR) is 77.4 cm³/mol. The second-order valence-electron chi connectivity index (χ2n) is 5.10. The lowest BCUT2D eigenvalue weighted by molar-refractivity contribution is -0.141. The lowest BCUT2D eigenvalue weighted by Crippen LogP contribution is -2.18. The number of rotatable bonds is 2. The number of fused-ring (bicyclic) bond motifs is 1. The van der Waals surface area contributed by atoms with Gasteiger partial charge < -0.3 is 5.32 Å². The number of nitrogens with one attached hydrogen (secondary N) is 1. The third-order valence-electron chi connectivity index (χ3n) is 3.30. The van der Waals surface area contributed by atoms with E-state index in [2.05, 4.69) is 9.97 Å². The van der Waals surface area contributed by atoms with Crippen molar-refractivity contribution in [3.63, 3.8) is 0 Å². The van der Waals surface area contributed by atoms with E-state index < -0.39 is 41.3 Å². The van der Waals surface area contributed by atoms with Crippen LogP contribution in [0.25, 0.3) is 5.52 Å². The first-order chi connectivity index (χ1) is 12.1. The van der Waals surface area contributed by atoms with Crippen molar-refractivity contribution in [1.29, 1.82) is 0 Å². The molecule has 0 aliphatic carbocycles. The van der Waals surface area contributed by atoms with Gasteiger partial charge in [0, 0.05) is 6.20 Å². The summed E-state index contributed by atoms with van der Waals surface area (Å²) < 4.78 is 78.0. The molecule has 26 heavy (non-hydrogen) atoms. The summed E-state index contributed by atoms with van der Waals surface area (Å²) in [7, 11) is 0. The van der Waals surface area contributed by atoms with Crippen molar-refractivity contribution in [3.05, 3.63) is 59.8 Å². The van der Waals surface area contributed by atoms with Crippen LogP contribution in [0.15, 0.2) is 42.6 Å². The number of aromatic nitrogens is 3. The van der Waals surface area contributed by atoms with E-state index in [-0.39, 0.29) is 5.52 Å². The van der Waals surface area contributed by atoms with Crippen molar-refractivity contribution in [2.75, 3.05) is 5.32 Å². The summed E-state index contributed by atoms with van der Waals surface area (Å²) in [6.07, 6.45) is -8.35. The lowest BCUT2D eigenvalue weighted by atomic mass is 10.3. The molecular weight excluding hydrogens is 366 g/mol. The van der Waals surface area contributed by atoms with Crippen LogP contribution in [0.4, 0.5) is 32.2 Å². The molecule has 3 rings (SSSR count). The Balaban J connectivity index is 1.99.